The van der Waals surface area contributed by atoms with Crippen molar-refractivity contribution in [1.29, 1.82) is 0 Å². The van der Waals surface area contributed by atoms with Crippen LogP contribution in [0.15, 0.2) is 0 Å². The number of nitrogens with zero attached hydrogens (tertiary/aromatic N) is 2. The number of nitrogens with two attached hydrogens (primary N) is 2. The number of hydrogen-bond donors (Lipinski definition) is 4. The summed E-state index contributed by atoms with van der Waals surface area (Å²) in [6, 6.07) is -2.21. The van der Waals surface area contributed by atoms with Gasteiger partial charge in [-0.1, -0.05) is 55.4 Å². The number of carbonyl (C=O) groups excluding carboxylic acids is 4. The van der Waals surface area contributed by atoms with Crippen molar-refractivity contribution >= 4 is 73.3 Å². The van der Waals surface area contributed by atoms with Crippen LogP contribution < -0.4 is 11.5 Å². The Labute approximate surface area is 274 Å². The van der Waals surface area contributed by atoms with E-state index < -0.39 is 71.3 Å². The molecule has 2 radical (unpaired) electrons. The number of carbonyl (C=O) groups is 6. The van der Waals surface area contributed by atoms with Crippen molar-refractivity contribution in [2.75, 3.05) is 13.1 Å². The number of aliphatic carboxylic acids is 2. The quantitative estimate of drug-likeness (QED) is 0.148. The van der Waals surface area contributed by atoms with Crippen LogP contribution >= 0.6 is 0 Å². The molecule has 0 heterocycles. The largest absolute Gasteiger partial charge is 0.480 e. The molecule has 0 saturated carbocycles. The zero-order valence-corrected chi connectivity index (χ0v) is 28.4. The number of carboxylic acids is 2. The van der Waals surface area contributed by atoms with Crippen molar-refractivity contribution in [2.45, 2.75) is 106 Å². The third-order valence-electron chi connectivity index (χ3n) is 5.98. The van der Waals surface area contributed by atoms with Gasteiger partial charge in [0.05, 0.1) is 0 Å². The molecule has 0 aliphatic rings. The standard InChI is InChI=1S/2C14H26N2O4.Ca/c2*1-9(2)12(17)16(13(18)10(3)4)11(14(19)20)7-5-6-8-15;/h2*9-11H,5-8,15H2,1-4H3,(H,19,20);/t2*11-;/m00./s1. The van der Waals surface area contributed by atoms with Gasteiger partial charge in [-0.3, -0.25) is 29.0 Å². The van der Waals surface area contributed by atoms with Crippen LogP contribution in [0.1, 0.15) is 93.9 Å². The van der Waals surface area contributed by atoms with Crippen molar-refractivity contribution in [3.05, 3.63) is 0 Å². The fourth-order valence-corrected chi connectivity index (χ4v) is 3.63. The van der Waals surface area contributed by atoms with E-state index in [4.69, 9.17) is 11.5 Å². The van der Waals surface area contributed by atoms with Crippen LogP contribution in [-0.2, 0) is 28.8 Å². The first-order valence-electron chi connectivity index (χ1n) is 14.1. The molecule has 0 aromatic rings. The predicted octanol–water partition coefficient (Wildman–Crippen LogP) is 2.09. The number of rotatable bonds is 16. The van der Waals surface area contributed by atoms with Gasteiger partial charge >= 0.3 is 11.9 Å². The third kappa shape index (κ3) is 16.0. The van der Waals surface area contributed by atoms with Gasteiger partial charge in [0, 0.05) is 61.4 Å². The van der Waals surface area contributed by atoms with E-state index in [2.05, 4.69) is 0 Å². The Morgan fingerprint density at radius 2 is 0.732 bits per heavy atom. The smallest absolute Gasteiger partial charge is 0.326 e. The Balaban J connectivity index is -0.000000688. The summed E-state index contributed by atoms with van der Waals surface area (Å²) in [6.07, 6.45) is 2.96. The first-order chi connectivity index (χ1) is 18.5. The van der Waals surface area contributed by atoms with Gasteiger partial charge < -0.3 is 21.7 Å². The zero-order chi connectivity index (χ0) is 31.7. The van der Waals surface area contributed by atoms with E-state index >= 15 is 0 Å². The number of carboxylic acid groups (broad SMARTS) is 2. The summed E-state index contributed by atoms with van der Waals surface area (Å²) in [5.41, 5.74) is 10.8. The molecular weight excluding hydrogens is 560 g/mol. The molecule has 4 amide bonds. The second-order valence-corrected chi connectivity index (χ2v) is 11.0. The maximum atomic E-state index is 12.2. The Morgan fingerprint density at radius 3 is 0.878 bits per heavy atom. The Bertz CT molecular complexity index is 741. The van der Waals surface area contributed by atoms with Gasteiger partial charge in [-0.15, -0.1) is 0 Å². The van der Waals surface area contributed by atoms with Crippen LogP contribution in [0.3, 0.4) is 0 Å². The van der Waals surface area contributed by atoms with Crippen molar-refractivity contribution in [3.8, 4) is 0 Å². The molecule has 0 unspecified atom stereocenters. The molecule has 0 fully saturated rings. The van der Waals surface area contributed by atoms with Gasteiger partial charge in [0.25, 0.3) is 0 Å². The average molecular weight is 613 g/mol. The molecular formula is C28H52CaN4O8. The summed E-state index contributed by atoms with van der Waals surface area (Å²) in [4.78, 5) is 73.4. The van der Waals surface area contributed by atoms with Crippen LogP contribution in [0, 0.1) is 23.7 Å². The molecule has 0 aromatic carbocycles. The Morgan fingerprint density at radius 1 is 0.512 bits per heavy atom. The normalized spacial score (nSPS) is 12.2. The van der Waals surface area contributed by atoms with Gasteiger partial charge in [-0.25, -0.2) is 9.59 Å². The second kappa shape index (κ2) is 22.9. The minimum Gasteiger partial charge on any atom is -0.480 e. The van der Waals surface area contributed by atoms with Crippen molar-refractivity contribution < 1.29 is 39.0 Å². The summed E-state index contributed by atoms with van der Waals surface area (Å²) in [7, 11) is 0. The average Bonchev–Trinajstić information content (AvgIpc) is 2.86. The Kier molecular flexibility index (Phi) is 24.5. The molecule has 0 aromatic heterocycles. The van der Waals surface area contributed by atoms with Crippen LogP contribution in [0.4, 0.5) is 0 Å². The van der Waals surface area contributed by atoms with Gasteiger partial charge in [0.2, 0.25) is 23.6 Å². The zero-order valence-electron chi connectivity index (χ0n) is 26.2. The minimum atomic E-state index is -1.15. The summed E-state index contributed by atoms with van der Waals surface area (Å²) < 4.78 is 0. The number of unbranched alkanes of at least 4 members (excludes halogenated alkanes) is 2. The SMILES string of the molecule is CC(C)C(=O)N(C(=O)C(C)C)[C@@H](CCCCN)C(=O)O.CC(C)C(=O)N(C(=O)C(C)C)[C@@H](CCCCN)C(=O)O.[Ca]. The summed E-state index contributed by atoms with van der Waals surface area (Å²) >= 11 is 0. The van der Waals surface area contributed by atoms with Gasteiger partial charge in [0.1, 0.15) is 12.1 Å². The first-order valence-corrected chi connectivity index (χ1v) is 14.1. The minimum absolute atomic E-state index is 0. The van der Waals surface area contributed by atoms with Crippen molar-refractivity contribution in [2.24, 2.45) is 35.1 Å². The van der Waals surface area contributed by atoms with E-state index in [1.165, 1.54) is 0 Å². The van der Waals surface area contributed by atoms with Crippen LogP contribution in [0.25, 0.3) is 0 Å². The summed E-state index contributed by atoms with van der Waals surface area (Å²) in [5.74, 6) is -5.75. The van der Waals surface area contributed by atoms with Crippen molar-refractivity contribution in [1.82, 2.24) is 9.80 Å². The molecule has 41 heavy (non-hydrogen) atoms. The monoisotopic (exact) mass is 612 g/mol. The van der Waals surface area contributed by atoms with E-state index in [-0.39, 0.29) is 50.6 Å². The van der Waals surface area contributed by atoms with Crippen molar-refractivity contribution in [3.63, 3.8) is 0 Å². The molecule has 0 aliphatic carbocycles. The van der Waals surface area contributed by atoms with Gasteiger partial charge in [0.15, 0.2) is 0 Å². The fourth-order valence-electron chi connectivity index (χ4n) is 3.63. The molecule has 12 nitrogen and oxygen atoms in total. The maximum Gasteiger partial charge on any atom is 0.326 e. The first kappa shape index (κ1) is 43.8. The predicted molar refractivity (Wildman–Crippen MR) is 157 cm³/mol. The number of imide groups is 2. The number of amides is 4. The maximum absolute atomic E-state index is 12.2. The molecule has 0 rings (SSSR count). The molecule has 0 aliphatic heterocycles. The molecule has 0 bridgehead atoms. The summed E-state index contributed by atoms with van der Waals surface area (Å²) in [5, 5.41) is 18.7. The molecule has 6 N–H and O–H groups in total. The van der Waals surface area contributed by atoms with Gasteiger partial charge in [-0.2, -0.15) is 0 Å². The molecule has 2 atom stereocenters. The topological polar surface area (TPSA) is 201 Å². The van der Waals surface area contributed by atoms with Crippen LogP contribution in [0.5, 0.6) is 0 Å². The number of hydrogen-bond acceptors (Lipinski definition) is 8. The molecule has 13 heteroatoms. The van der Waals surface area contributed by atoms with Crippen LogP contribution in [-0.4, -0.2) is 118 Å². The fraction of sp³-hybridized carbons (Fsp3) is 0.786. The Hall–Kier alpha value is -1.60. The molecule has 234 valence electrons. The van der Waals surface area contributed by atoms with E-state index in [0.29, 0.717) is 38.8 Å². The summed E-state index contributed by atoms with van der Waals surface area (Å²) in [6.45, 7) is 14.2. The second-order valence-electron chi connectivity index (χ2n) is 11.0. The van der Waals surface area contributed by atoms with E-state index in [0.717, 1.165) is 9.80 Å². The van der Waals surface area contributed by atoms with E-state index in [9.17, 15) is 39.0 Å². The third-order valence-corrected chi connectivity index (χ3v) is 5.98. The molecule has 0 spiro atoms. The van der Waals surface area contributed by atoms with Gasteiger partial charge in [-0.05, 0) is 51.6 Å². The van der Waals surface area contributed by atoms with E-state index in [1.807, 2.05) is 0 Å². The van der Waals surface area contributed by atoms with E-state index in [1.54, 1.807) is 55.4 Å². The molecule has 0 saturated heterocycles. The van der Waals surface area contributed by atoms with Crippen LogP contribution in [0.2, 0.25) is 0 Å².